The van der Waals surface area contributed by atoms with E-state index < -0.39 is 10.0 Å². The molecule has 0 spiro atoms. The van der Waals surface area contributed by atoms with Gasteiger partial charge >= 0.3 is 6.01 Å². The molecule has 108 valence electrons. The number of aryl methyl sites for hydroxylation is 2. The molecule has 0 saturated carbocycles. The average Bonchev–Trinajstić information content (AvgIpc) is 2.83. The molecule has 0 saturated heterocycles. The molecular weight excluding hydrogens is 283 g/mol. The van der Waals surface area contributed by atoms with E-state index >= 15 is 0 Å². The van der Waals surface area contributed by atoms with Crippen LogP contribution in [0.2, 0.25) is 0 Å². The number of hydrogen-bond acceptors (Lipinski definition) is 4. The second-order valence-corrected chi connectivity index (χ2v) is 6.13. The van der Waals surface area contributed by atoms with Crippen LogP contribution in [0.25, 0.3) is 0 Å². The Morgan fingerprint density at radius 1 is 1.40 bits per heavy atom. The Balaban J connectivity index is 1.97. The van der Waals surface area contributed by atoms with Crippen molar-refractivity contribution in [1.82, 2.24) is 4.98 Å². The number of halogens is 1. The first kappa shape index (κ1) is 14.5. The Morgan fingerprint density at radius 2 is 2.20 bits per heavy atom. The van der Waals surface area contributed by atoms with Crippen molar-refractivity contribution >= 4 is 16.0 Å². The highest BCUT2D eigenvalue weighted by molar-refractivity contribution is 7.92. The molecule has 1 heterocycles. The molecule has 0 bridgehead atoms. The van der Waals surface area contributed by atoms with Gasteiger partial charge in [0.25, 0.3) is 0 Å². The van der Waals surface area contributed by atoms with E-state index in [-0.39, 0.29) is 24.0 Å². The van der Waals surface area contributed by atoms with Gasteiger partial charge in [0.1, 0.15) is 11.6 Å². The molecule has 5 nitrogen and oxygen atoms in total. The summed E-state index contributed by atoms with van der Waals surface area (Å²) in [5.41, 5.74) is 0.622. The third-order valence-corrected chi connectivity index (χ3v) is 3.92. The molecule has 0 atom stereocenters. The lowest BCUT2D eigenvalue weighted by Gasteiger charge is -2.04. The summed E-state index contributed by atoms with van der Waals surface area (Å²) in [6, 6.07) is 5.82. The second-order valence-electron chi connectivity index (χ2n) is 4.29. The van der Waals surface area contributed by atoms with Crippen LogP contribution in [0, 0.1) is 5.82 Å². The number of nitrogens with zero attached hydrogens (tertiary/aromatic N) is 1. The van der Waals surface area contributed by atoms with E-state index in [1.165, 1.54) is 18.3 Å². The standard InChI is InChI=1S/C13H15FN2O3S/c1-2-12-9-15-13(19-12)16-20(17,18)7-6-10-4-3-5-11(14)8-10/h3-5,8-9H,2,6-7H2,1H3,(H,15,16). The number of hydrogen-bond donors (Lipinski definition) is 1. The van der Waals surface area contributed by atoms with Gasteiger partial charge in [-0.05, 0) is 24.1 Å². The maximum atomic E-state index is 13.0. The van der Waals surface area contributed by atoms with Crippen LogP contribution in [0.4, 0.5) is 10.4 Å². The van der Waals surface area contributed by atoms with Gasteiger partial charge in [-0.15, -0.1) is 0 Å². The van der Waals surface area contributed by atoms with Gasteiger partial charge in [-0.1, -0.05) is 19.1 Å². The predicted molar refractivity (Wildman–Crippen MR) is 73.4 cm³/mol. The summed E-state index contributed by atoms with van der Waals surface area (Å²) < 4.78 is 44.1. The highest BCUT2D eigenvalue weighted by Gasteiger charge is 2.14. The number of anilines is 1. The van der Waals surface area contributed by atoms with Gasteiger partial charge in [-0.25, -0.2) is 22.5 Å². The average molecular weight is 298 g/mol. The van der Waals surface area contributed by atoms with E-state index in [1.807, 2.05) is 6.92 Å². The number of rotatable bonds is 6. The summed E-state index contributed by atoms with van der Waals surface area (Å²) in [5, 5.41) is 0. The Bertz CT molecular complexity index is 682. The summed E-state index contributed by atoms with van der Waals surface area (Å²) in [6.45, 7) is 1.88. The molecule has 1 N–H and O–H groups in total. The van der Waals surface area contributed by atoms with Crippen LogP contribution in [0.5, 0.6) is 0 Å². The minimum Gasteiger partial charge on any atom is -0.428 e. The summed E-state index contributed by atoms with van der Waals surface area (Å²) in [7, 11) is -3.57. The van der Waals surface area contributed by atoms with Crippen LogP contribution in [0.1, 0.15) is 18.2 Å². The smallest absolute Gasteiger partial charge is 0.308 e. The fraction of sp³-hybridized carbons (Fsp3) is 0.308. The van der Waals surface area contributed by atoms with E-state index in [0.29, 0.717) is 17.7 Å². The van der Waals surface area contributed by atoms with Gasteiger partial charge < -0.3 is 4.42 Å². The molecule has 2 rings (SSSR count). The van der Waals surface area contributed by atoms with Gasteiger partial charge in [0.2, 0.25) is 10.0 Å². The number of benzene rings is 1. The maximum Gasteiger partial charge on any atom is 0.308 e. The van der Waals surface area contributed by atoms with E-state index in [1.54, 1.807) is 12.1 Å². The molecule has 0 fully saturated rings. The van der Waals surface area contributed by atoms with Crippen molar-refractivity contribution in [3.63, 3.8) is 0 Å². The topological polar surface area (TPSA) is 72.2 Å². The molecule has 0 aliphatic carbocycles. The third kappa shape index (κ3) is 4.06. The number of sulfonamides is 1. The number of aromatic nitrogens is 1. The third-order valence-electron chi connectivity index (χ3n) is 2.69. The predicted octanol–water partition coefficient (Wildman–Crippen LogP) is 2.36. The van der Waals surface area contributed by atoms with Gasteiger partial charge in [0.15, 0.2) is 0 Å². The minimum absolute atomic E-state index is 0.0407. The molecule has 0 aliphatic rings. The van der Waals surface area contributed by atoms with Crippen LogP contribution in [-0.4, -0.2) is 19.2 Å². The zero-order valence-corrected chi connectivity index (χ0v) is 11.8. The lowest BCUT2D eigenvalue weighted by molar-refractivity contribution is 0.526. The molecule has 0 radical (unpaired) electrons. The van der Waals surface area contributed by atoms with Crippen LogP contribution in [-0.2, 0) is 22.9 Å². The molecule has 0 unspecified atom stereocenters. The number of nitrogens with one attached hydrogen (secondary N) is 1. The molecule has 2 aromatic rings. The molecule has 20 heavy (non-hydrogen) atoms. The van der Waals surface area contributed by atoms with Crippen molar-refractivity contribution < 1.29 is 17.2 Å². The lowest BCUT2D eigenvalue weighted by Crippen LogP contribution is -2.18. The Hall–Kier alpha value is -1.89. The van der Waals surface area contributed by atoms with Crippen molar-refractivity contribution in [3.05, 3.63) is 47.6 Å². The van der Waals surface area contributed by atoms with Crippen LogP contribution >= 0.6 is 0 Å². The van der Waals surface area contributed by atoms with Crippen LogP contribution in [0.15, 0.2) is 34.9 Å². The van der Waals surface area contributed by atoms with Crippen molar-refractivity contribution in [3.8, 4) is 0 Å². The lowest BCUT2D eigenvalue weighted by atomic mass is 10.2. The Labute approximate surface area is 116 Å². The van der Waals surface area contributed by atoms with E-state index in [2.05, 4.69) is 9.71 Å². The fourth-order valence-electron chi connectivity index (χ4n) is 1.65. The van der Waals surface area contributed by atoms with E-state index in [4.69, 9.17) is 4.42 Å². The normalized spacial score (nSPS) is 11.5. The summed E-state index contributed by atoms with van der Waals surface area (Å²) in [5.74, 6) is 0.0567. The summed E-state index contributed by atoms with van der Waals surface area (Å²) in [4.78, 5) is 3.82. The van der Waals surface area contributed by atoms with Crippen molar-refractivity contribution in [2.75, 3.05) is 10.5 Å². The molecule has 0 aliphatic heterocycles. The quantitative estimate of drug-likeness (QED) is 0.888. The monoisotopic (exact) mass is 298 g/mol. The number of oxazole rings is 1. The molecule has 1 aromatic carbocycles. The first-order valence-corrected chi connectivity index (χ1v) is 7.83. The molecular formula is C13H15FN2O3S. The summed E-state index contributed by atoms with van der Waals surface area (Å²) >= 11 is 0. The van der Waals surface area contributed by atoms with Crippen LogP contribution < -0.4 is 4.72 Å². The molecule has 1 aromatic heterocycles. The van der Waals surface area contributed by atoms with Gasteiger partial charge in [-0.3, -0.25) is 0 Å². The SMILES string of the molecule is CCc1cnc(NS(=O)(=O)CCc2cccc(F)c2)o1. The molecule has 0 amide bonds. The van der Waals surface area contributed by atoms with Gasteiger partial charge in [0.05, 0.1) is 11.9 Å². The van der Waals surface area contributed by atoms with Crippen molar-refractivity contribution in [2.24, 2.45) is 0 Å². The highest BCUT2D eigenvalue weighted by atomic mass is 32.2. The van der Waals surface area contributed by atoms with Crippen molar-refractivity contribution in [1.29, 1.82) is 0 Å². The highest BCUT2D eigenvalue weighted by Crippen LogP contribution is 2.12. The Morgan fingerprint density at radius 3 is 2.85 bits per heavy atom. The fourth-order valence-corrected chi connectivity index (χ4v) is 2.61. The largest absolute Gasteiger partial charge is 0.428 e. The minimum atomic E-state index is -3.57. The zero-order chi connectivity index (χ0) is 14.6. The molecule has 7 heteroatoms. The second kappa shape index (κ2) is 6.04. The van der Waals surface area contributed by atoms with Gasteiger partial charge in [0, 0.05) is 6.42 Å². The first-order valence-electron chi connectivity index (χ1n) is 6.18. The zero-order valence-electron chi connectivity index (χ0n) is 11.0. The first-order chi connectivity index (χ1) is 9.48. The van der Waals surface area contributed by atoms with E-state index in [9.17, 15) is 12.8 Å². The van der Waals surface area contributed by atoms with Crippen molar-refractivity contribution in [2.45, 2.75) is 19.8 Å². The maximum absolute atomic E-state index is 13.0. The Kier molecular flexibility index (Phi) is 4.39. The van der Waals surface area contributed by atoms with Gasteiger partial charge in [-0.2, -0.15) is 0 Å². The van der Waals surface area contributed by atoms with Crippen LogP contribution in [0.3, 0.4) is 0 Å². The van der Waals surface area contributed by atoms with E-state index in [0.717, 1.165) is 0 Å². The summed E-state index contributed by atoms with van der Waals surface area (Å²) in [6.07, 6.45) is 2.33.